The molecule has 11 nitrogen and oxygen atoms in total. The van der Waals surface area contributed by atoms with Gasteiger partial charge in [0.15, 0.2) is 5.69 Å². The summed E-state index contributed by atoms with van der Waals surface area (Å²) < 4.78 is 13.8. The quantitative estimate of drug-likeness (QED) is 0.344. The average Bonchev–Trinajstić information content (AvgIpc) is 2.91. The third-order valence-corrected chi connectivity index (χ3v) is 2.30. The minimum atomic E-state index is -1.21. The summed E-state index contributed by atoms with van der Waals surface area (Å²) in [4.78, 5) is 44.8. The summed E-state index contributed by atoms with van der Waals surface area (Å²) in [5.41, 5.74) is -0.965. The fourth-order valence-corrected chi connectivity index (χ4v) is 1.38. The maximum Gasteiger partial charge on any atom is 0.439 e. The highest BCUT2D eigenvalue weighted by molar-refractivity contribution is 6.03. The molecule has 0 atom stereocenters. The van der Waals surface area contributed by atoms with Gasteiger partial charge in [-0.15, -0.1) is 5.01 Å². The number of nitrogens with zero attached hydrogens (tertiary/aromatic N) is 3. The van der Waals surface area contributed by atoms with Gasteiger partial charge in [0.05, 0.1) is 32.3 Å². The molecule has 1 heterocycles. The van der Waals surface area contributed by atoms with Gasteiger partial charge in [0.25, 0.3) is 5.69 Å². The Morgan fingerprint density at radius 3 is 2.05 bits per heavy atom. The molecule has 0 fully saturated rings. The van der Waals surface area contributed by atoms with Gasteiger partial charge in [-0.2, -0.15) is 0 Å². The van der Waals surface area contributed by atoms with Gasteiger partial charge in [-0.05, 0) is 0 Å². The summed E-state index contributed by atoms with van der Waals surface area (Å²) in [6, 6.07) is 0.838. The summed E-state index contributed by atoms with van der Waals surface area (Å²) in [6.07, 6.45) is -1.64. The zero-order valence-corrected chi connectivity index (χ0v) is 11.3. The van der Waals surface area contributed by atoms with Crippen molar-refractivity contribution in [2.45, 2.75) is 0 Å². The molecule has 11 heteroatoms. The van der Waals surface area contributed by atoms with E-state index in [0.29, 0.717) is 4.68 Å². The number of methoxy groups -OCH3 is 3. The van der Waals surface area contributed by atoms with Crippen LogP contribution in [-0.4, -0.2) is 49.1 Å². The van der Waals surface area contributed by atoms with Crippen LogP contribution in [0.4, 0.5) is 15.3 Å². The molecule has 0 aliphatic heterocycles. The first-order valence-corrected chi connectivity index (χ1v) is 5.28. The molecule has 2 amide bonds. The fraction of sp³-hybridized carbons (Fsp3) is 0.300. The van der Waals surface area contributed by atoms with E-state index in [2.05, 4.69) is 14.2 Å². The van der Waals surface area contributed by atoms with Crippen LogP contribution < -0.4 is 5.01 Å². The van der Waals surface area contributed by atoms with E-state index in [0.717, 1.165) is 33.6 Å². The molecule has 0 aromatic carbocycles. The number of hydrogen-bond acceptors (Lipinski definition) is 8. The van der Waals surface area contributed by atoms with Crippen LogP contribution in [0.2, 0.25) is 0 Å². The molecule has 1 aromatic heterocycles. The molecule has 0 spiro atoms. The van der Waals surface area contributed by atoms with E-state index in [1.54, 1.807) is 0 Å². The Kier molecular flexibility index (Phi) is 4.83. The van der Waals surface area contributed by atoms with Gasteiger partial charge in [0, 0.05) is 0 Å². The SMILES string of the molecule is COC(=O)c1cc([N+](=O)[O-])cn1N(C(=O)OC)C(=O)OC. The van der Waals surface area contributed by atoms with E-state index >= 15 is 0 Å². The first kappa shape index (κ1) is 15.9. The van der Waals surface area contributed by atoms with Crippen molar-refractivity contribution in [1.82, 2.24) is 4.68 Å². The summed E-state index contributed by atoms with van der Waals surface area (Å²) >= 11 is 0. The van der Waals surface area contributed by atoms with E-state index in [4.69, 9.17) is 0 Å². The van der Waals surface area contributed by atoms with Crippen molar-refractivity contribution in [2.24, 2.45) is 0 Å². The number of ether oxygens (including phenoxy) is 3. The molecule has 1 aromatic rings. The van der Waals surface area contributed by atoms with Gasteiger partial charge in [-0.1, -0.05) is 0 Å². The Hall–Kier alpha value is -3.11. The van der Waals surface area contributed by atoms with Crippen molar-refractivity contribution in [3.05, 3.63) is 28.1 Å². The molecule has 0 radical (unpaired) electrons. The maximum absolute atomic E-state index is 11.6. The fourth-order valence-electron chi connectivity index (χ4n) is 1.38. The van der Waals surface area contributed by atoms with Crippen molar-refractivity contribution in [1.29, 1.82) is 0 Å². The molecule has 0 saturated heterocycles. The number of aromatic nitrogens is 1. The standard InChI is InChI=1S/C10H11N3O8/c1-19-8(14)7-4-6(13(17)18)5-11(7)12(9(15)20-2)10(16)21-3/h4-5H,1-3H3. The van der Waals surface area contributed by atoms with Gasteiger partial charge in [0.2, 0.25) is 0 Å². The summed E-state index contributed by atoms with van der Waals surface area (Å²) in [6.45, 7) is 0. The van der Waals surface area contributed by atoms with E-state index in [-0.39, 0.29) is 5.01 Å². The van der Waals surface area contributed by atoms with E-state index < -0.39 is 34.5 Å². The van der Waals surface area contributed by atoms with Crippen LogP contribution in [0.5, 0.6) is 0 Å². The van der Waals surface area contributed by atoms with Gasteiger partial charge >= 0.3 is 18.2 Å². The minimum absolute atomic E-state index is 0.263. The highest BCUT2D eigenvalue weighted by Gasteiger charge is 2.32. The summed E-state index contributed by atoms with van der Waals surface area (Å²) in [5, 5.41) is 11.0. The number of imide groups is 1. The molecule has 1 rings (SSSR count). The number of esters is 1. The van der Waals surface area contributed by atoms with Crippen LogP contribution in [0.25, 0.3) is 0 Å². The third kappa shape index (κ3) is 3.08. The molecular formula is C10H11N3O8. The van der Waals surface area contributed by atoms with Gasteiger partial charge in [-0.3, -0.25) is 10.1 Å². The normalized spacial score (nSPS) is 9.67. The third-order valence-electron chi connectivity index (χ3n) is 2.30. The van der Waals surface area contributed by atoms with Gasteiger partial charge < -0.3 is 14.2 Å². The molecule has 21 heavy (non-hydrogen) atoms. The highest BCUT2D eigenvalue weighted by atomic mass is 16.6. The number of carbonyl (C=O) groups is 3. The second-order valence-electron chi connectivity index (χ2n) is 3.43. The Labute approximate surface area is 117 Å². The van der Waals surface area contributed by atoms with Crippen LogP contribution in [0.1, 0.15) is 10.5 Å². The second kappa shape index (κ2) is 6.36. The number of rotatable bonds is 3. The molecular weight excluding hydrogens is 290 g/mol. The first-order valence-electron chi connectivity index (χ1n) is 5.28. The lowest BCUT2D eigenvalue weighted by atomic mass is 10.4. The van der Waals surface area contributed by atoms with Crippen molar-refractivity contribution >= 4 is 23.8 Å². The number of amides is 2. The predicted octanol–water partition coefficient (Wildman–Crippen LogP) is 0.654. The zero-order chi connectivity index (χ0) is 16.2. The Bertz CT molecular complexity index is 577. The van der Waals surface area contributed by atoms with Crippen LogP contribution in [0.3, 0.4) is 0 Å². The Morgan fingerprint density at radius 2 is 1.67 bits per heavy atom. The lowest BCUT2D eigenvalue weighted by molar-refractivity contribution is -0.384. The minimum Gasteiger partial charge on any atom is -0.464 e. The van der Waals surface area contributed by atoms with E-state index in [9.17, 15) is 24.5 Å². The lowest BCUT2D eigenvalue weighted by Crippen LogP contribution is -2.46. The predicted molar refractivity (Wildman–Crippen MR) is 65.5 cm³/mol. The van der Waals surface area contributed by atoms with E-state index in [1.165, 1.54) is 0 Å². The van der Waals surface area contributed by atoms with Gasteiger partial charge in [0.1, 0.15) is 6.20 Å². The van der Waals surface area contributed by atoms with Crippen molar-refractivity contribution in [3.63, 3.8) is 0 Å². The van der Waals surface area contributed by atoms with E-state index in [1.807, 2.05) is 0 Å². The molecule has 0 aliphatic rings. The van der Waals surface area contributed by atoms with Crippen molar-refractivity contribution in [2.75, 3.05) is 26.3 Å². The summed E-state index contributed by atoms with van der Waals surface area (Å²) in [7, 11) is 2.99. The van der Waals surface area contributed by atoms with Crippen molar-refractivity contribution < 1.29 is 33.5 Å². The average molecular weight is 301 g/mol. The van der Waals surface area contributed by atoms with Gasteiger partial charge in [-0.25, -0.2) is 19.1 Å². The highest BCUT2D eigenvalue weighted by Crippen LogP contribution is 2.18. The van der Waals surface area contributed by atoms with Crippen LogP contribution in [0.15, 0.2) is 12.3 Å². The van der Waals surface area contributed by atoms with Crippen LogP contribution in [-0.2, 0) is 14.2 Å². The zero-order valence-electron chi connectivity index (χ0n) is 11.3. The number of hydrogen-bond donors (Lipinski definition) is 0. The molecule has 0 bridgehead atoms. The molecule has 0 unspecified atom stereocenters. The second-order valence-corrected chi connectivity index (χ2v) is 3.43. The largest absolute Gasteiger partial charge is 0.464 e. The maximum atomic E-state index is 11.6. The summed E-state index contributed by atoms with van der Waals surface area (Å²) in [5.74, 6) is -0.999. The smallest absolute Gasteiger partial charge is 0.439 e. The van der Waals surface area contributed by atoms with Crippen molar-refractivity contribution in [3.8, 4) is 0 Å². The molecule has 0 aliphatic carbocycles. The van der Waals surface area contributed by atoms with Crippen LogP contribution >= 0.6 is 0 Å². The molecule has 0 saturated carbocycles. The first-order chi connectivity index (χ1) is 9.87. The Morgan fingerprint density at radius 1 is 1.14 bits per heavy atom. The number of carbonyl (C=O) groups excluding carboxylic acids is 3. The monoisotopic (exact) mass is 301 g/mol. The Balaban J connectivity index is 3.48. The van der Waals surface area contributed by atoms with Crippen LogP contribution in [0, 0.1) is 10.1 Å². The molecule has 0 N–H and O–H groups in total. The topological polar surface area (TPSA) is 130 Å². The lowest BCUT2D eigenvalue weighted by Gasteiger charge is -2.19. The number of nitro groups is 1. The molecule has 114 valence electrons.